The maximum atomic E-state index is 3.92. The maximum Gasteiger partial charge on any atom is 0.0407 e. The Kier molecular flexibility index (Phi) is 3.32. The highest BCUT2D eigenvalue weighted by molar-refractivity contribution is 5.52. The third kappa shape index (κ3) is 2.22. The van der Waals surface area contributed by atoms with Crippen LogP contribution in [0.5, 0.6) is 0 Å². The van der Waals surface area contributed by atoms with Crippen molar-refractivity contribution >= 4 is 0 Å². The van der Waals surface area contributed by atoms with E-state index in [2.05, 4.69) is 24.6 Å². The Labute approximate surface area is 79.8 Å². The van der Waals surface area contributed by atoms with Gasteiger partial charge in [-0.2, -0.15) is 0 Å². The third-order valence-electron chi connectivity index (χ3n) is 1.94. The largest absolute Gasteiger partial charge is 0.381 e. The molecule has 1 aliphatic heterocycles. The Morgan fingerprint density at radius 3 is 2.77 bits per heavy atom. The van der Waals surface area contributed by atoms with Crippen molar-refractivity contribution in [2.75, 3.05) is 6.54 Å². The third-order valence-corrected chi connectivity index (χ3v) is 1.94. The summed E-state index contributed by atoms with van der Waals surface area (Å²) in [5.74, 6) is 0. The fourth-order valence-electron chi connectivity index (χ4n) is 1.27. The molecule has 0 unspecified atom stereocenters. The highest BCUT2D eigenvalue weighted by Gasteiger charge is 2.14. The first-order valence-corrected chi connectivity index (χ1v) is 4.37. The van der Waals surface area contributed by atoms with Crippen LogP contribution < -0.4 is 5.32 Å². The molecule has 1 N–H and O–H groups in total. The molecule has 0 spiro atoms. The van der Waals surface area contributed by atoms with E-state index in [0.717, 1.165) is 17.8 Å². The predicted molar refractivity (Wildman–Crippen MR) is 58.3 cm³/mol. The zero-order chi connectivity index (χ0) is 9.68. The minimum absolute atomic E-state index is 0.864. The molecule has 1 aliphatic rings. The van der Waals surface area contributed by atoms with E-state index < -0.39 is 0 Å². The molecule has 0 aromatic heterocycles. The van der Waals surface area contributed by atoms with Crippen LogP contribution in [0.25, 0.3) is 0 Å². The zero-order valence-corrected chi connectivity index (χ0v) is 8.01. The summed E-state index contributed by atoms with van der Waals surface area (Å²) in [6, 6.07) is 0. The van der Waals surface area contributed by atoms with Crippen molar-refractivity contribution in [2.24, 2.45) is 0 Å². The summed E-state index contributed by atoms with van der Waals surface area (Å²) < 4.78 is 0. The van der Waals surface area contributed by atoms with Gasteiger partial charge in [-0.15, -0.1) is 0 Å². The summed E-state index contributed by atoms with van der Waals surface area (Å²) in [5.41, 5.74) is 3.41. The van der Waals surface area contributed by atoms with Crippen LogP contribution in [0.2, 0.25) is 0 Å². The lowest BCUT2D eigenvalue weighted by Crippen LogP contribution is -2.02. The van der Waals surface area contributed by atoms with E-state index in [4.69, 9.17) is 0 Å². The number of nitrogens with one attached hydrogen (secondary N) is 1. The minimum atomic E-state index is 0.864. The number of hydrogen-bond donors (Lipinski definition) is 1. The van der Waals surface area contributed by atoms with Gasteiger partial charge >= 0.3 is 0 Å². The Morgan fingerprint density at radius 2 is 2.15 bits per heavy atom. The fraction of sp³-hybridized carbons (Fsp3) is 0.167. The van der Waals surface area contributed by atoms with Gasteiger partial charge in [0.15, 0.2) is 0 Å². The van der Waals surface area contributed by atoms with Crippen LogP contribution in [0.15, 0.2) is 60.4 Å². The van der Waals surface area contributed by atoms with Crippen molar-refractivity contribution in [2.45, 2.75) is 6.92 Å². The van der Waals surface area contributed by atoms with Crippen LogP contribution in [-0.2, 0) is 0 Å². The van der Waals surface area contributed by atoms with Crippen molar-refractivity contribution < 1.29 is 0 Å². The molecule has 0 aromatic rings. The molecule has 1 fully saturated rings. The van der Waals surface area contributed by atoms with Crippen LogP contribution in [0.4, 0.5) is 0 Å². The summed E-state index contributed by atoms with van der Waals surface area (Å²) >= 11 is 0. The summed E-state index contributed by atoms with van der Waals surface area (Å²) in [5, 5.41) is 3.20. The molecule has 68 valence electrons. The van der Waals surface area contributed by atoms with Crippen molar-refractivity contribution in [1.82, 2.24) is 5.32 Å². The predicted octanol–water partition coefficient (Wildman–Crippen LogP) is 2.72. The second-order valence-corrected chi connectivity index (χ2v) is 2.87. The minimum Gasteiger partial charge on any atom is -0.381 e. The molecule has 1 heterocycles. The summed E-state index contributed by atoms with van der Waals surface area (Å²) in [4.78, 5) is 0. The average molecular weight is 173 g/mol. The first-order valence-electron chi connectivity index (χ1n) is 4.37. The molecule has 13 heavy (non-hydrogen) atoms. The molecule has 1 saturated heterocycles. The van der Waals surface area contributed by atoms with E-state index in [1.807, 2.05) is 25.2 Å². The topological polar surface area (TPSA) is 12.0 Å². The van der Waals surface area contributed by atoms with Crippen LogP contribution in [0.3, 0.4) is 0 Å². The average Bonchev–Trinajstić information content (AvgIpc) is 2.46. The molecule has 1 rings (SSSR count). The van der Waals surface area contributed by atoms with Gasteiger partial charge in [-0.1, -0.05) is 43.5 Å². The van der Waals surface area contributed by atoms with Crippen LogP contribution in [0.1, 0.15) is 6.92 Å². The number of rotatable bonds is 2. The van der Waals surface area contributed by atoms with Crippen molar-refractivity contribution in [3.63, 3.8) is 0 Å². The molecule has 0 radical (unpaired) electrons. The Bertz CT molecular complexity index is 303. The van der Waals surface area contributed by atoms with Gasteiger partial charge in [-0.3, -0.25) is 0 Å². The van der Waals surface area contributed by atoms with Crippen molar-refractivity contribution in [3.05, 3.63) is 60.4 Å². The zero-order valence-electron chi connectivity index (χ0n) is 8.01. The van der Waals surface area contributed by atoms with E-state index in [0.29, 0.717) is 0 Å². The quantitative estimate of drug-likeness (QED) is 0.677. The molecule has 0 aliphatic carbocycles. The smallest absolute Gasteiger partial charge is 0.0407 e. The fourth-order valence-corrected chi connectivity index (χ4v) is 1.27. The van der Waals surface area contributed by atoms with E-state index in [1.54, 1.807) is 6.08 Å². The summed E-state index contributed by atoms with van der Waals surface area (Å²) in [6.45, 7) is 10.5. The maximum absolute atomic E-state index is 3.92. The van der Waals surface area contributed by atoms with Crippen molar-refractivity contribution in [1.29, 1.82) is 0 Å². The van der Waals surface area contributed by atoms with Gasteiger partial charge in [-0.05, 0) is 12.5 Å². The van der Waals surface area contributed by atoms with Gasteiger partial charge in [-0.25, -0.2) is 0 Å². The lowest BCUT2D eigenvalue weighted by molar-refractivity contribution is 0.985. The first kappa shape index (κ1) is 9.59. The Balaban J connectivity index is 2.94. The summed E-state index contributed by atoms with van der Waals surface area (Å²) in [6.07, 6.45) is 9.92. The van der Waals surface area contributed by atoms with E-state index in [-0.39, 0.29) is 0 Å². The lowest BCUT2D eigenvalue weighted by Gasteiger charge is -1.96. The molecule has 0 amide bonds. The second-order valence-electron chi connectivity index (χ2n) is 2.87. The highest BCUT2D eigenvalue weighted by atomic mass is 14.9. The number of hydrogen-bond acceptors (Lipinski definition) is 1. The molecule has 1 nitrogen and oxygen atoms in total. The molecule has 0 aromatic carbocycles. The van der Waals surface area contributed by atoms with Gasteiger partial charge in [0.2, 0.25) is 0 Å². The van der Waals surface area contributed by atoms with E-state index in [9.17, 15) is 0 Å². The normalized spacial score (nSPS) is 23.0. The monoisotopic (exact) mass is 173 g/mol. The van der Waals surface area contributed by atoms with E-state index in [1.165, 1.54) is 5.57 Å². The first-order chi connectivity index (χ1) is 6.29. The highest BCUT2D eigenvalue weighted by Crippen LogP contribution is 2.22. The lowest BCUT2D eigenvalue weighted by atomic mass is 10.1. The van der Waals surface area contributed by atoms with Crippen LogP contribution >= 0.6 is 0 Å². The van der Waals surface area contributed by atoms with Gasteiger partial charge in [0.25, 0.3) is 0 Å². The molecule has 0 atom stereocenters. The number of allylic oxidation sites excluding steroid dienone is 6. The molecule has 0 saturated carbocycles. The summed E-state index contributed by atoms with van der Waals surface area (Å²) in [7, 11) is 0. The van der Waals surface area contributed by atoms with Gasteiger partial charge in [0.1, 0.15) is 0 Å². The molecular formula is C12H15N. The SMILES string of the molecule is C=C/C=C1/C(=C)NC/C1=C/C=C/C. The molecule has 0 bridgehead atoms. The van der Waals surface area contributed by atoms with Crippen LogP contribution in [-0.4, -0.2) is 6.54 Å². The molecular weight excluding hydrogens is 158 g/mol. The van der Waals surface area contributed by atoms with Gasteiger partial charge in [0.05, 0.1) is 0 Å². The van der Waals surface area contributed by atoms with Crippen molar-refractivity contribution in [3.8, 4) is 0 Å². The van der Waals surface area contributed by atoms with Gasteiger partial charge in [0, 0.05) is 17.8 Å². The van der Waals surface area contributed by atoms with E-state index >= 15 is 0 Å². The Morgan fingerprint density at radius 1 is 1.38 bits per heavy atom. The second kappa shape index (κ2) is 4.51. The standard InChI is InChI=1S/C12H15N/c1-4-6-8-11-9-13-10(3)12(11)7-5-2/h4-8,13H,2-3,9H2,1H3/b6-4+,11-8-,12-7-. The molecule has 1 heteroatoms. The Hall–Kier alpha value is -1.50. The van der Waals surface area contributed by atoms with Gasteiger partial charge < -0.3 is 5.32 Å². The van der Waals surface area contributed by atoms with Crippen LogP contribution in [0, 0.1) is 0 Å².